The van der Waals surface area contributed by atoms with Crippen LogP contribution in [0.2, 0.25) is 0 Å². The molecule has 2 heterocycles. The topological polar surface area (TPSA) is 72.3 Å². The zero-order valence-electron chi connectivity index (χ0n) is 15.5. The Balaban J connectivity index is 1.62. The summed E-state index contributed by atoms with van der Waals surface area (Å²) in [5, 5.41) is 10.2. The van der Waals surface area contributed by atoms with Crippen LogP contribution < -0.4 is 4.74 Å². The van der Waals surface area contributed by atoms with Crippen LogP contribution in [0.25, 0.3) is 23.1 Å². The van der Waals surface area contributed by atoms with E-state index in [4.69, 9.17) is 4.74 Å². The van der Waals surface area contributed by atoms with Gasteiger partial charge in [-0.25, -0.2) is 9.78 Å². The molecule has 4 aromatic rings. The van der Waals surface area contributed by atoms with Crippen LogP contribution in [0.1, 0.15) is 27.3 Å². The van der Waals surface area contributed by atoms with Crippen molar-refractivity contribution in [2.24, 2.45) is 0 Å². The molecular weight excluding hydrogens is 364 g/mol. The fourth-order valence-electron chi connectivity index (χ4n) is 3.02. The third-order valence-corrected chi connectivity index (χ3v) is 4.42. The molecule has 0 atom stereocenters. The molecule has 2 aromatic carbocycles. The van der Waals surface area contributed by atoms with E-state index in [2.05, 4.69) is 9.97 Å². The summed E-state index contributed by atoms with van der Waals surface area (Å²) < 4.78 is 5.92. The highest BCUT2D eigenvalue weighted by atomic mass is 16.5. The molecule has 0 fully saturated rings. The average molecular weight is 382 g/mol. The lowest BCUT2D eigenvalue weighted by Gasteiger charge is -2.09. The number of para-hydroxylation sites is 2. The van der Waals surface area contributed by atoms with Gasteiger partial charge >= 0.3 is 5.97 Å². The summed E-state index contributed by atoms with van der Waals surface area (Å²) in [6.07, 6.45) is 5.40. The molecule has 0 aliphatic rings. The fourth-order valence-corrected chi connectivity index (χ4v) is 3.02. The van der Waals surface area contributed by atoms with E-state index in [1.807, 2.05) is 60.7 Å². The van der Waals surface area contributed by atoms with Crippen molar-refractivity contribution in [3.8, 4) is 5.75 Å². The van der Waals surface area contributed by atoms with Crippen LogP contribution in [0.15, 0.2) is 79.0 Å². The molecule has 0 amide bonds. The van der Waals surface area contributed by atoms with Gasteiger partial charge in [0.05, 0.1) is 22.5 Å². The molecule has 5 nitrogen and oxygen atoms in total. The molecule has 0 unspecified atom stereocenters. The van der Waals surface area contributed by atoms with Crippen LogP contribution in [0, 0.1) is 0 Å². The number of aromatic nitrogens is 2. The number of carbonyl (C=O) groups is 1. The molecule has 0 saturated carbocycles. The number of hydrogen-bond donors (Lipinski definition) is 1. The maximum Gasteiger partial charge on any atom is 0.336 e. The fraction of sp³-hybridized carbons (Fsp3) is 0.0417. The molecule has 0 bridgehead atoms. The Kier molecular flexibility index (Phi) is 5.29. The number of carboxylic acid groups (broad SMARTS) is 1. The van der Waals surface area contributed by atoms with E-state index < -0.39 is 5.97 Å². The highest BCUT2D eigenvalue weighted by molar-refractivity contribution is 6.03. The predicted octanol–water partition coefficient (Wildman–Crippen LogP) is 5.08. The summed E-state index contributed by atoms with van der Waals surface area (Å²) in [5.74, 6) is -0.258. The van der Waals surface area contributed by atoms with Crippen molar-refractivity contribution in [1.82, 2.24) is 9.97 Å². The number of carboxylic acids is 1. The first-order chi connectivity index (χ1) is 14.2. The van der Waals surface area contributed by atoms with Gasteiger partial charge in [0.2, 0.25) is 0 Å². The second-order valence-corrected chi connectivity index (χ2v) is 6.40. The highest BCUT2D eigenvalue weighted by Crippen LogP contribution is 2.23. The van der Waals surface area contributed by atoms with E-state index in [-0.39, 0.29) is 5.56 Å². The monoisotopic (exact) mass is 382 g/mol. The number of nitrogens with zero attached hydrogens (tertiary/aromatic N) is 2. The Morgan fingerprint density at radius 2 is 1.76 bits per heavy atom. The third kappa shape index (κ3) is 4.30. The molecule has 0 spiro atoms. The summed E-state index contributed by atoms with van der Waals surface area (Å²) in [6.45, 7) is 0.364. The molecule has 29 heavy (non-hydrogen) atoms. The molecule has 0 radical (unpaired) electrons. The van der Waals surface area contributed by atoms with Gasteiger partial charge in [-0.3, -0.25) is 4.98 Å². The maximum atomic E-state index is 11.6. The third-order valence-electron chi connectivity index (χ3n) is 4.42. The van der Waals surface area contributed by atoms with E-state index in [1.165, 1.54) is 0 Å². The van der Waals surface area contributed by atoms with Gasteiger partial charge in [0.25, 0.3) is 0 Å². The van der Waals surface area contributed by atoms with E-state index in [9.17, 15) is 9.90 Å². The molecule has 1 N–H and O–H groups in total. The summed E-state index contributed by atoms with van der Waals surface area (Å²) in [4.78, 5) is 20.5. The number of hydrogen-bond acceptors (Lipinski definition) is 4. The smallest absolute Gasteiger partial charge is 0.336 e. The molecule has 0 saturated heterocycles. The normalized spacial score (nSPS) is 11.0. The van der Waals surface area contributed by atoms with Crippen molar-refractivity contribution in [3.63, 3.8) is 0 Å². The molecule has 4 rings (SSSR count). The largest absolute Gasteiger partial charge is 0.487 e. The lowest BCUT2D eigenvalue weighted by molar-refractivity contribution is 0.0699. The zero-order chi connectivity index (χ0) is 20.1. The van der Waals surface area contributed by atoms with Crippen LogP contribution in [0.4, 0.5) is 0 Å². The lowest BCUT2D eigenvalue weighted by atomic mass is 10.1. The molecular formula is C24H18N2O3. The van der Waals surface area contributed by atoms with E-state index in [1.54, 1.807) is 30.5 Å². The first-order valence-electron chi connectivity index (χ1n) is 9.13. The quantitative estimate of drug-likeness (QED) is 0.504. The number of pyridine rings is 2. The molecule has 0 aliphatic heterocycles. The van der Waals surface area contributed by atoms with Gasteiger partial charge in [0.1, 0.15) is 12.4 Å². The first kappa shape index (κ1) is 18.4. The molecule has 142 valence electrons. The Bertz CT molecular complexity index is 1190. The van der Waals surface area contributed by atoms with Crippen molar-refractivity contribution in [3.05, 3.63) is 102 Å². The van der Waals surface area contributed by atoms with Crippen LogP contribution in [0.3, 0.4) is 0 Å². The molecule has 5 heteroatoms. The Morgan fingerprint density at radius 1 is 0.966 bits per heavy atom. The number of fused-ring (bicyclic) bond motifs is 1. The predicted molar refractivity (Wildman–Crippen MR) is 113 cm³/mol. The standard InChI is InChI=1S/C24H18N2O3/c27-24(28)21-15-18(26-22-10-3-2-9-20(21)22)13-12-17-7-1-4-11-23(17)29-16-19-8-5-6-14-25-19/h1-15H,16H2,(H,27,28). The Labute approximate surface area is 168 Å². The highest BCUT2D eigenvalue weighted by Gasteiger charge is 2.10. The first-order valence-corrected chi connectivity index (χ1v) is 9.13. The van der Waals surface area contributed by atoms with Gasteiger partial charge in [0.15, 0.2) is 0 Å². The van der Waals surface area contributed by atoms with Crippen molar-refractivity contribution < 1.29 is 14.6 Å². The maximum absolute atomic E-state index is 11.6. The van der Waals surface area contributed by atoms with Gasteiger partial charge in [-0.2, -0.15) is 0 Å². The van der Waals surface area contributed by atoms with Crippen LogP contribution in [-0.2, 0) is 6.61 Å². The number of benzene rings is 2. The summed E-state index contributed by atoms with van der Waals surface area (Å²) in [5.41, 5.74) is 3.16. The van der Waals surface area contributed by atoms with Gasteiger partial charge < -0.3 is 9.84 Å². The summed E-state index contributed by atoms with van der Waals surface area (Å²) in [6, 6.07) is 22.1. The van der Waals surface area contributed by atoms with Gasteiger partial charge in [-0.05, 0) is 42.5 Å². The van der Waals surface area contributed by atoms with E-state index in [0.29, 0.717) is 29.0 Å². The van der Waals surface area contributed by atoms with Gasteiger partial charge in [0, 0.05) is 17.1 Å². The van der Waals surface area contributed by atoms with Crippen molar-refractivity contribution in [2.45, 2.75) is 6.61 Å². The minimum Gasteiger partial charge on any atom is -0.487 e. The zero-order valence-corrected chi connectivity index (χ0v) is 15.5. The SMILES string of the molecule is O=C(O)c1cc(C=Cc2ccccc2OCc2ccccn2)nc2ccccc12. The van der Waals surface area contributed by atoms with E-state index in [0.717, 1.165) is 11.3 Å². The summed E-state index contributed by atoms with van der Waals surface area (Å²) >= 11 is 0. The van der Waals surface area contributed by atoms with Crippen molar-refractivity contribution >= 4 is 29.0 Å². The number of ether oxygens (including phenoxy) is 1. The Hall–Kier alpha value is -3.99. The number of aromatic carboxylic acids is 1. The van der Waals surface area contributed by atoms with Crippen LogP contribution in [-0.4, -0.2) is 21.0 Å². The summed E-state index contributed by atoms with van der Waals surface area (Å²) in [7, 11) is 0. The second kappa shape index (κ2) is 8.35. The van der Waals surface area contributed by atoms with Crippen LogP contribution in [0.5, 0.6) is 5.75 Å². The van der Waals surface area contributed by atoms with Gasteiger partial charge in [-0.15, -0.1) is 0 Å². The lowest BCUT2D eigenvalue weighted by Crippen LogP contribution is -2.00. The van der Waals surface area contributed by atoms with E-state index >= 15 is 0 Å². The van der Waals surface area contributed by atoms with Gasteiger partial charge in [-0.1, -0.05) is 42.5 Å². The van der Waals surface area contributed by atoms with Crippen molar-refractivity contribution in [1.29, 1.82) is 0 Å². The number of rotatable bonds is 6. The van der Waals surface area contributed by atoms with Crippen molar-refractivity contribution in [2.75, 3.05) is 0 Å². The average Bonchev–Trinajstić information content (AvgIpc) is 2.77. The van der Waals surface area contributed by atoms with Crippen LogP contribution >= 0.6 is 0 Å². The minimum absolute atomic E-state index is 0.231. The Morgan fingerprint density at radius 3 is 2.59 bits per heavy atom. The minimum atomic E-state index is -0.975. The molecule has 2 aromatic heterocycles. The molecule has 0 aliphatic carbocycles. The second-order valence-electron chi connectivity index (χ2n) is 6.40.